The molecule has 94 valence electrons. The van der Waals surface area contributed by atoms with Gasteiger partial charge >= 0.3 is 11.9 Å². The van der Waals surface area contributed by atoms with Crippen LogP contribution in [0.1, 0.15) is 11.1 Å². The van der Waals surface area contributed by atoms with Crippen LogP contribution in [0.3, 0.4) is 0 Å². The van der Waals surface area contributed by atoms with Gasteiger partial charge in [-0.25, -0.2) is 4.79 Å². The fourth-order valence-corrected chi connectivity index (χ4v) is 1.37. The van der Waals surface area contributed by atoms with Gasteiger partial charge < -0.3 is 15.1 Å². The predicted molar refractivity (Wildman–Crippen MR) is 57.0 cm³/mol. The van der Waals surface area contributed by atoms with Crippen LogP contribution in [0.2, 0.25) is 0 Å². The van der Waals surface area contributed by atoms with Gasteiger partial charge in [-0.15, -0.1) is 0 Å². The summed E-state index contributed by atoms with van der Waals surface area (Å²) < 4.78 is 26.5. The van der Waals surface area contributed by atoms with Gasteiger partial charge in [0.25, 0.3) is 0 Å². The maximum atomic E-state index is 13.2. The second kappa shape index (κ2) is 4.67. The minimum atomic E-state index is -3.95. The Bertz CT molecular complexity index is 433. The number of hydrogen-bond donors (Lipinski definition) is 2. The Morgan fingerprint density at radius 3 is 2.47 bits per heavy atom. The molecule has 0 spiro atoms. The summed E-state index contributed by atoms with van der Waals surface area (Å²) in [5, 5.41) is 17.9. The molecule has 0 bridgehead atoms. The zero-order valence-corrected chi connectivity index (χ0v) is 9.44. The maximum Gasteiger partial charge on any atom is 0.379 e. The fourth-order valence-electron chi connectivity index (χ4n) is 1.37. The van der Waals surface area contributed by atoms with Crippen molar-refractivity contribution in [1.82, 2.24) is 4.90 Å². The summed E-state index contributed by atoms with van der Waals surface area (Å²) in [7, 11) is 3.42. The van der Waals surface area contributed by atoms with Crippen molar-refractivity contribution in [3.63, 3.8) is 0 Å². The van der Waals surface area contributed by atoms with Crippen molar-refractivity contribution in [2.75, 3.05) is 14.1 Å². The average Bonchev–Trinajstić information content (AvgIpc) is 2.20. The van der Waals surface area contributed by atoms with Crippen LogP contribution in [0.4, 0.5) is 8.78 Å². The molecule has 2 N–H and O–H groups in total. The Labute approximate surface area is 97.1 Å². The number of rotatable bonds is 4. The standard InChI is InChI=1S/C11H13F2NO3/c1-14(2)6-7-5-8(3-4-9(7)15)11(12,13)10(16)17/h3-5,15H,6H2,1-2H3,(H,16,17). The van der Waals surface area contributed by atoms with Crippen molar-refractivity contribution < 1.29 is 23.8 Å². The van der Waals surface area contributed by atoms with Gasteiger partial charge in [0.1, 0.15) is 5.75 Å². The molecule has 0 atom stereocenters. The van der Waals surface area contributed by atoms with E-state index in [0.717, 1.165) is 18.2 Å². The normalized spacial score (nSPS) is 11.8. The summed E-state index contributed by atoms with van der Waals surface area (Å²) in [6.45, 7) is 0.245. The summed E-state index contributed by atoms with van der Waals surface area (Å²) in [5.41, 5.74) is -0.381. The minimum Gasteiger partial charge on any atom is -0.508 e. The zero-order valence-electron chi connectivity index (χ0n) is 9.44. The molecule has 0 saturated heterocycles. The van der Waals surface area contributed by atoms with E-state index in [2.05, 4.69) is 0 Å². The zero-order chi connectivity index (χ0) is 13.2. The molecule has 0 heterocycles. The summed E-state index contributed by atoms with van der Waals surface area (Å²) in [4.78, 5) is 12.1. The highest BCUT2D eigenvalue weighted by atomic mass is 19.3. The molecule has 0 saturated carbocycles. The quantitative estimate of drug-likeness (QED) is 0.846. The van der Waals surface area contributed by atoms with E-state index in [-0.39, 0.29) is 17.9 Å². The molecule has 0 aliphatic heterocycles. The molecule has 0 amide bonds. The number of phenols is 1. The Balaban J connectivity index is 3.16. The fraction of sp³-hybridized carbons (Fsp3) is 0.364. The first-order valence-electron chi connectivity index (χ1n) is 4.83. The Kier molecular flexibility index (Phi) is 3.67. The molecule has 0 aliphatic carbocycles. The van der Waals surface area contributed by atoms with Gasteiger partial charge in [0.15, 0.2) is 0 Å². The highest BCUT2D eigenvalue weighted by molar-refractivity contribution is 5.77. The molecule has 1 rings (SSSR count). The summed E-state index contributed by atoms with van der Waals surface area (Å²) in [6.07, 6.45) is 0. The lowest BCUT2D eigenvalue weighted by atomic mass is 10.0. The van der Waals surface area contributed by atoms with E-state index in [1.165, 1.54) is 0 Å². The number of halogens is 2. The van der Waals surface area contributed by atoms with Crippen LogP contribution in [-0.4, -0.2) is 35.2 Å². The van der Waals surface area contributed by atoms with Crippen LogP contribution in [0.5, 0.6) is 5.75 Å². The van der Waals surface area contributed by atoms with E-state index < -0.39 is 17.5 Å². The highest BCUT2D eigenvalue weighted by Crippen LogP contribution is 2.31. The molecule has 0 aromatic heterocycles. The lowest BCUT2D eigenvalue weighted by molar-refractivity contribution is -0.166. The second-order valence-corrected chi connectivity index (χ2v) is 3.96. The van der Waals surface area contributed by atoms with Crippen LogP contribution < -0.4 is 0 Å². The van der Waals surface area contributed by atoms with Gasteiger partial charge in [0.2, 0.25) is 0 Å². The van der Waals surface area contributed by atoms with E-state index in [9.17, 15) is 18.7 Å². The van der Waals surface area contributed by atoms with E-state index in [1.807, 2.05) is 0 Å². The van der Waals surface area contributed by atoms with Crippen LogP contribution in [0, 0.1) is 0 Å². The Morgan fingerprint density at radius 1 is 1.41 bits per heavy atom. The second-order valence-electron chi connectivity index (χ2n) is 3.96. The third-order valence-corrected chi connectivity index (χ3v) is 2.20. The number of benzene rings is 1. The first-order chi connectivity index (χ1) is 7.75. The largest absolute Gasteiger partial charge is 0.508 e. The average molecular weight is 245 g/mol. The van der Waals surface area contributed by atoms with Gasteiger partial charge in [-0.1, -0.05) is 0 Å². The Morgan fingerprint density at radius 2 is 2.00 bits per heavy atom. The number of phenolic OH excluding ortho intramolecular Hbond substituents is 1. The number of alkyl halides is 2. The van der Waals surface area contributed by atoms with Crippen molar-refractivity contribution in [1.29, 1.82) is 0 Å². The lowest BCUT2D eigenvalue weighted by Crippen LogP contribution is -2.25. The number of carbonyl (C=O) groups is 1. The van der Waals surface area contributed by atoms with Gasteiger partial charge in [-0.2, -0.15) is 8.78 Å². The Hall–Kier alpha value is -1.69. The molecule has 17 heavy (non-hydrogen) atoms. The van der Waals surface area contributed by atoms with Gasteiger partial charge in [-0.05, 0) is 32.3 Å². The maximum absolute atomic E-state index is 13.2. The number of hydrogen-bond acceptors (Lipinski definition) is 3. The van der Waals surface area contributed by atoms with Crippen molar-refractivity contribution >= 4 is 5.97 Å². The van der Waals surface area contributed by atoms with E-state index in [0.29, 0.717) is 0 Å². The molecule has 0 aliphatic rings. The third-order valence-electron chi connectivity index (χ3n) is 2.20. The number of aliphatic carboxylic acids is 1. The number of nitrogens with zero attached hydrogens (tertiary/aromatic N) is 1. The van der Waals surface area contributed by atoms with E-state index in [4.69, 9.17) is 5.11 Å². The summed E-state index contributed by atoms with van der Waals surface area (Å²) in [6, 6.07) is 2.98. The minimum absolute atomic E-state index is 0.136. The van der Waals surface area contributed by atoms with Crippen molar-refractivity contribution in [2.24, 2.45) is 0 Å². The molecule has 1 aromatic carbocycles. The molecule has 1 aromatic rings. The monoisotopic (exact) mass is 245 g/mol. The summed E-state index contributed by atoms with van der Waals surface area (Å²) in [5.74, 6) is -6.29. The molecular weight excluding hydrogens is 232 g/mol. The van der Waals surface area contributed by atoms with Crippen molar-refractivity contribution in [3.8, 4) is 5.75 Å². The van der Waals surface area contributed by atoms with Crippen molar-refractivity contribution in [3.05, 3.63) is 29.3 Å². The van der Waals surface area contributed by atoms with E-state index >= 15 is 0 Å². The van der Waals surface area contributed by atoms with Crippen LogP contribution in [-0.2, 0) is 17.3 Å². The molecular formula is C11H13F2NO3. The van der Waals surface area contributed by atoms with Crippen LogP contribution in [0.25, 0.3) is 0 Å². The molecule has 0 unspecified atom stereocenters. The van der Waals surface area contributed by atoms with Gasteiger partial charge in [0, 0.05) is 17.7 Å². The van der Waals surface area contributed by atoms with E-state index in [1.54, 1.807) is 19.0 Å². The number of carboxylic acid groups (broad SMARTS) is 1. The van der Waals surface area contributed by atoms with Gasteiger partial charge in [-0.3, -0.25) is 0 Å². The molecule has 6 heteroatoms. The number of carboxylic acids is 1. The topological polar surface area (TPSA) is 60.8 Å². The molecule has 0 fully saturated rings. The first kappa shape index (κ1) is 13.4. The van der Waals surface area contributed by atoms with Gasteiger partial charge in [0.05, 0.1) is 0 Å². The first-order valence-corrected chi connectivity index (χ1v) is 4.83. The summed E-state index contributed by atoms with van der Waals surface area (Å²) >= 11 is 0. The smallest absolute Gasteiger partial charge is 0.379 e. The molecule has 4 nitrogen and oxygen atoms in total. The molecule has 0 radical (unpaired) electrons. The van der Waals surface area contributed by atoms with Crippen LogP contribution >= 0.6 is 0 Å². The SMILES string of the molecule is CN(C)Cc1cc(C(F)(F)C(=O)O)ccc1O. The van der Waals surface area contributed by atoms with Crippen LogP contribution in [0.15, 0.2) is 18.2 Å². The third kappa shape index (κ3) is 2.91. The van der Waals surface area contributed by atoms with Crippen molar-refractivity contribution in [2.45, 2.75) is 12.5 Å². The lowest BCUT2D eigenvalue weighted by Gasteiger charge is -2.15. The number of aromatic hydroxyl groups is 1. The predicted octanol–water partition coefficient (Wildman–Crippen LogP) is 1.63. The highest BCUT2D eigenvalue weighted by Gasteiger charge is 2.41.